The Kier molecular flexibility index (Phi) is 6.39. The summed E-state index contributed by atoms with van der Waals surface area (Å²) in [5.41, 5.74) is 1.71. The molecule has 0 aliphatic heterocycles. The lowest BCUT2D eigenvalue weighted by molar-refractivity contribution is -0.754. The highest BCUT2D eigenvalue weighted by Gasteiger charge is 2.30. The van der Waals surface area contributed by atoms with Crippen LogP contribution in [0.3, 0.4) is 0 Å². The topological polar surface area (TPSA) is 106 Å². The number of aromatic nitrogens is 4. The predicted octanol–water partition coefficient (Wildman–Crippen LogP) is 4.14. The summed E-state index contributed by atoms with van der Waals surface area (Å²) in [6.07, 6.45) is 0.246. The molecule has 2 aromatic carbocycles. The molecular weight excluding hydrogens is 453 g/mol. The smallest absolute Gasteiger partial charge is 0.416 e. The number of nitrogens with one attached hydrogen (secondary N) is 2. The van der Waals surface area contributed by atoms with Gasteiger partial charge >= 0.3 is 24.1 Å². The second-order valence-electron chi connectivity index (χ2n) is 7.08. The second kappa shape index (κ2) is 9.57. The van der Waals surface area contributed by atoms with Crippen molar-refractivity contribution in [2.45, 2.75) is 12.7 Å². The number of methoxy groups -OCH3 is 1. The molecule has 0 atom stereocenters. The van der Waals surface area contributed by atoms with Gasteiger partial charge in [0.15, 0.2) is 0 Å². The Morgan fingerprint density at radius 2 is 1.82 bits per heavy atom. The van der Waals surface area contributed by atoms with Crippen LogP contribution >= 0.6 is 0 Å². The van der Waals surface area contributed by atoms with Gasteiger partial charge in [0.1, 0.15) is 0 Å². The van der Waals surface area contributed by atoms with E-state index in [1.54, 1.807) is 12.4 Å². The minimum Gasteiger partial charge on any atom is -0.467 e. The first-order chi connectivity index (χ1) is 16.3. The zero-order valence-electron chi connectivity index (χ0n) is 17.7. The third kappa shape index (κ3) is 5.65. The maximum absolute atomic E-state index is 12.8. The molecule has 2 amide bonds. The summed E-state index contributed by atoms with van der Waals surface area (Å²) in [6, 6.07) is 11.4. The molecule has 174 valence electrons. The van der Waals surface area contributed by atoms with Crippen molar-refractivity contribution < 1.29 is 31.9 Å². The van der Waals surface area contributed by atoms with Gasteiger partial charge in [0.2, 0.25) is 11.8 Å². The molecule has 0 aliphatic carbocycles. The molecule has 0 fully saturated rings. The lowest BCUT2D eigenvalue weighted by Gasteiger charge is -2.09. The molecule has 2 aromatic heterocycles. The number of rotatable bonds is 6. The van der Waals surface area contributed by atoms with Gasteiger partial charge in [-0.1, -0.05) is 24.3 Å². The van der Waals surface area contributed by atoms with Crippen molar-refractivity contribution in [2.75, 3.05) is 17.7 Å². The molecule has 0 unspecified atom stereocenters. The summed E-state index contributed by atoms with van der Waals surface area (Å²) in [7, 11) is 1.49. The Hall–Kier alpha value is -4.48. The third-order valence-corrected chi connectivity index (χ3v) is 4.61. The third-order valence-electron chi connectivity index (χ3n) is 4.61. The summed E-state index contributed by atoms with van der Waals surface area (Å²) in [6.45, 7) is 0.339. The van der Waals surface area contributed by atoms with Gasteiger partial charge in [0.25, 0.3) is 6.20 Å². The first-order valence-electron chi connectivity index (χ1n) is 9.87. The number of carbonyl (C=O) groups is 1. The average molecular weight is 471 g/mol. The monoisotopic (exact) mass is 471 g/mol. The lowest BCUT2D eigenvalue weighted by Crippen LogP contribution is -2.35. The van der Waals surface area contributed by atoms with Gasteiger partial charge in [0.05, 0.1) is 12.7 Å². The maximum Gasteiger partial charge on any atom is 0.416 e. The fraction of sp³-hybridized carbons (Fsp3) is 0.136. The van der Waals surface area contributed by atoms with Crippen LogP contribution in [0.5, 0.6) is 6.01 Å². The number of anilines is 2. The molecular formula is C22H18F3N6O3+. The van der Waals surface area contributed by atoms with E-state index in [0.29, 0.717) is 6.54 Å². The van der Waals surface area contributed by atoms with Gasteiger partial charge in [-0.05, 0) is 34.5 Å². The van der Waals surface area contributed by atoms with E-state index in [1.807, 2.05) is 24.3 Å². The Morgan fingerprint density at radius 1 is 1.06 bits per heavy atom. The molecule has 2 heterocycles. The first-order valence-corrected chi connectivity index (χ1v) is 9.87. The predicted molar refractivity (Wildman–Crippen MR) is 114 cm³/mol. The van der Waals surface area contributed by atoms with Gasteiger partial charge in [-0.3, -0.25) is 9.84 Å². The van der Waals surface area contributed by atoms with E-state index in [-0.39, 0.29) is 17.6 Å². The van der Waals surface area contributed by atoms with Crippen molar-refractivity contribution in [3.05, 3.63) is 78.2 Å². The summed E-state index contributed by atoms with van der Waals surface area (Å²) < 4.78 is 50.0. The minimum atomic E-state index is -4.51. The molecule has 34 heavy (non-hydrogen) atoms. The standard InChI is InChI=1S/C22H17F3N6O3/c1-33-21-26-10-16(11-27-21)15-5-2-4-14(8-15)12-31-13-19(34-30-31)29-20(32)28-18-7-3-6-17(9-18)22(23,24)25/h2-11,13H,12H2,1H3,(H-,28,29,30,32)/p+1. The Labute approximate surface area is 191 Å². The van der Waals surface area contributed by atoms with Crippen LogP contribution in [0.4, 0.5) is 29.5 Å². The SMILES string of the molecule is COc1ncc(-c2cccc(C[n+]3cc(NC(=O)Nc4cccc(C(F)(F)F)c4)on3)c2)cn1. The van der Waals surface area contributed by atoms with Crippen molar-refractivity contribution in [3.8, 4) is 17.1 Å². The highest BCUT2D eigenvalue weighted by molar-refractivity contribution is 5.98. The Balaban J connectivity index is 1.39. The van der Waals surface area contributed by atoms with Crippen molar-refractivity contribution in [1.82, 2.24) is 15.2 Å². The maximum atomic E-state index is 12.8. The van der Waals surface area contributed by atoms with E-state index < -0.39 is 17.8 Å². The number of halogens is 3. The molecule has 0 aliphatic rings. The van der Waals surface area contributed by atoms with Crippen LogP contribution in [0.1, 0.15) is 11.1 Å². The first kappa shape index (κ1) is 22.7. The molecule has 9 nitrogen and oxygen atoms in total. The second-order valence-corrected chi connectivity index (χ2v) is 7.08. The van der Waals surface area contributed by atoms with Crippen LogP contribution in [0.2, 0.25) is 0 Å². The number of hydrogen-bond acceptors (Lipinski definition) is 6. The van der Waals surface area contributed by atoms with Gasteiger partial charge < -0.3 is 10.1 Å². The van der Waals surface area contributed by atoms with Crippen molar-refractivity contribution in [3.63, 3.8) is 0 Å². The van der Waals surface area contributed by atoms with Gasteiger partial charge in [-0.2, -0.15) is 13.2 Å². The molecule has 0 saturated heterocycles. The number of carbonyl (C=O) groups excluding carboxylic acids is 1. The lowest BCUT2D eigenvalue weighted by atomic mass is 10.1. The molecule has 0 spiro atoms. The van der Waals surface area contributed by atoms with E-state index in [2.05, 4.69) is 25.9 Å². The Bertz CT molecular complexity index is 1290. The van der Waals surface area contributed by atoms with Gasteiger partial charge in [-0.15, -0.1) is 0 Å². The largest absolute Gasteiger partial charge is 0.467 e. The fourth-order valence-electron chi connectivity index (χ4n) is 3.06. The van der Waals surface area contributed by atoms with E-state index in [1.165, 1.54) is 30.1 Å². The number of alkyl halides is 3. The summed E-state index contributed by atoms with van der Waals surface area (Å²) >= 11 is 0. The van der Waals surface area contributed by atoms with Gasteiger partial charge in [-0.25, -0.2) is 14.8 Å². The highest BCUT2D eigenvalue weighted by atomic mass is 19.4. The number of amides is 2. The van der Waals surface area contributed by atoms with Crippen LogP contribution in [-0.2, 0) is 12.7 Å². The van der Waals surface area contributed by atoms with E-state index in [4.69, 9.17) is 9.26 Å². The van der Waals surface area contributed by atoms with E-state index in [9.17, 15) is 18.0 Å². The molecule has 2 N–H and O–H groups in total. The van der Waals surface area contributed by atoms with Crippen LogP contribution in [0.15, 0.2) is 71.6 Å². The zero-order valence-corrected chi connectivity index (χ0v) is 17.7. The summed E-state index contributed by atoms with van der Waals surface area (Å²) in [5, 5.41) is 8.57. The quantitative estimate of drug-likeness (QED) is 0.410. The number of hydrogen-bond donors (Lipinski definition) is 2. The number of benzene rings is 2. The van der Waals surface area contributed by atoms with Crippen molar-refractivity contribution in [1.29, 1.82) is 0 Å². The van der Waals surface area contributed by atoms with Crippen molar-refractivity contribution in [2.24, 2.45) is 0 Å². The van der Waals surface area contributed by atoms with E-state index in [0.717, 1.165) is 28.8 Å². The van der Waals surface area contributed by atoms with E-state index >= 15 is 0 Å². The molecule has 0 saturated carbocycles. The van der Waals surface area contributed by atoms with Crippen LogP contribution in [-0.4, -0.2) is 28.4 Å². The minimum absolute atomic E-state index is 0.0148. The van der Waals surface area contributed by atoms with Gasteiger partial charge in [0, 0.05) is 29.2 Å². The Morgan fingerprint density at radius 3 is 2.56 bits per heavy atom. The van der Waals surface area contributed by atoms with Crippen LogP contribution in [0, 0.1) is 0 Å². The number of ether oxygens (including phenoxy) is 1. The summed E-state index contributed by atoms with van der Waals surface area (Å²) in [5.74, 6) is 0.0178. The molecule has 0 bridgehead atoms. The number of nitrogens with zero attached hydrogens (tertiary/aromatic N) is 4. The summed E-state index contributed by atoms with van der Waals surface area (Å²) in [4.78, 5) is 20.3. The molecule has 4 rings (SSSR count). The normalized spacial score (nSPS) is 11.2. The van der Waals surface area contributed by atoms with Crippen LogP contribution in [0.25, 0.3) is 11.1 Å². The molecule has 4 aromatic rings. The molecule has 12 heteroatoms. The zero-order chi connectivity index (χ0) is 24.1. The molecule has 0 radical (unpaired) electrons. The fourth-order valence-corrected chi connectivity index (χ4v) is 3.06. The average Bonchev–Trinajstić information content (AvgIpc) is 3.25. The highest BCUT2D eigenvalue weighted by Crippen LogP contribution is 2.30. The number of urea groups is 1. The van der Waals surface area contributed by atoms with Crippen LogP contribution < -0.4 is 20.1 Å². The van der Waals surface area contributed by atoms with Crippen molar-refractivity contribution >= 4 is 17.6 Å².